The third-order valence-corrected chi connectivity index (χ3v) is 4.29. The minimum absolute atomic E-state index is 0.127. The first-order valence-corrected chi connectivity index (χ1v) is 8.01. The molecule has 0 unspecified atom stereocenters. The lowest BCUT2D eigenvalue weighted by Gasteiger charge is -2.18. The molecule has 1 aliphatic heterocycles. The molecule has 0 fully saturated rings. The maximum absolute atomic E-state index is 13.0. The van der Waals surface area contributed by atoms with E-state index in [1.807, 2.05) is 0 Å². The predicted molar refractivity (Wildman–Crippen MR) is 92.3 cm³/mol. The molecule has 3 aromatic rings. The number of amides is 1. The van der Waals surface area contributed by atoms with Crippen LogP contribution in [0.5, 0.6) is 0 Å². The van der Waals surface area contributed by atoms with E-state index in [4.69, 9.17) is 4.74 Å². The molecule has 1 amide bonds. The van der Waals surface area contributed by atoms with Gasteiger partial charge < -0.3 is 9.64 Å². The van der Waals surface area contributed by atoms with Crippen molar-refractivity contribution in [1.82, 2.24) is 19.7 Å². The Labute approximate surface area is 149 Å². The Morgan fingerprint density at radius 1 is 1.15 bits per heavy atom. The van der Waals surface area contributed by atoms with Gasteiger partial charge >= 0.3 is 5.97 Å². The van der Waals surface area contributed by atoms with Crippen molar-refractivity contribution in [3.8, 4) is 5.82 Å². The highest BCUT2D eigenvalue weighted by molar-refractivity contribution is 6.07. The van der Waals surface area contributed by atoms with E-state index in [1.165, 1.54) is 24.4 Å². The van der Waals surface area contributed by atoms with E-state index >= 15 is 0 Å². The molecule has 26 heavy (non-hydrogen) atoms. The summed E-state index contributed by atoms with van der Waals surface area (Å²) >= 11 is 0. The fraction of sp³-hybridized carbons (Fsp3) is 0.167. The molecule has 0 N–H and O–H groups in total. The molecule has 130 valence electrons. The van der Waals surface area contributed by atoms with Crippen LogP contribution in [0, 0.1) is 0 Å². The molecular formula is C18H15N5O3. The fourth-order valence-electron chi connectivity index (χ4n) is 3.02. The van der Waals surface area contributed by atoms with Crippen molar-refractivity contribution in [3.05, 3.63) is 65.9 Å². The van der Waals surface area contributed by atoms with E-state index in [1.54, 1.807) is 41.4 Å². The first-order chi connectivity index (χ1) is 12.7. The largest absolute Gasteiger partial charge is 0.465 e. The number of hydrogen-bond acceptors (Lipinski definition) is 6. The van der Waals surface area contributed by atoms with Crippen molar-refractivity contribution in [2.75, 3.05) is 18.6 Å². The van der Waals surface area contributed by atoms with Crippen molar-refractivity contribution < 1.29 is 14.3 Å². The van der Waals surface area contributed by atoms with Crippen LogP contribution in [0.4, 0.5) is 5.69 Å². The van der Waals surface area contributed by atoms with Gasteiger partial charge in [0.05, 0.1) is 12.7 Å². The third kappa shape index (κ3) is 2.71. The van der Waals surface area contributed by atoms with Crippen LogP contribution in [-0.2, 0) is 11.2 Å². The Kier molecular flexibility index (Phi) is 3.92. The molecule has 0 spiro atoms. The number of carbonyl (C=O) groups excluding carboxylic acids is 2. The monoisotopic (exact) mass is 349 g/mol. The summed E-state index contributed by atoms with van der Waals surface area (Å²) in [4.78, 5) is 34.5. The van der Waals surface area contributed by atoms with E-state index in [2.05, 4.69) is 15.1 Å². The number of benzene rings is 1. The van der Waals surface area contributed by atoms with Crippen molar-refractivity contribution in [1.29, 1.82) is 0 Å². The van der Waals surface area contributed by atoms with E-state index in [9.17, 15) is 9.59 Å². The predicted octanol–water partition coefficient (Wildman–Crippen LogP) is 1.65. The quantitative estimate of drug-likeness (QED) is 0.668. The number of aromatic nitrogens is 4. The first-order valence-electron chi connectivity index (χ1n) is 8.01. The zero-order valence-electron chi connectivity index (χ0n) is 14.0. The number of pyridine rings is 1. The molecule has 8 nitrogen and oxygen atoms in total. The Morgan fingerprint density at radius 2 is 2.04 bits per heavy atom. The maximum atomic E-state index is 13.0. The van der Waals surface area contributed by atoms with Gasteiger partial charge in [0.2, 0.25) is 0 Å². The molecule has 2 aromatic heterocycles. The van der Waals surface area contributed by atoms with E-state index < -0.39 is 0 Å². The summed E-state index contributed by atoms with van der Waals surface area (Å²) in [6.07, 6.45) is 5.19. The summed E-state index contributed by atoms with van der Waals surface area (Å²) in [6.45, 7) is 0.555. The van der Waals surface area contributed by atoms with Crippen LogP contribution in [0.25, 0.3) is 5.82 Å². The molecule has 0 saturated carbocycles. The van der Waals surface area contributed by atoms with Crippen LogP contribution >= 0.6 is 0 Å². The van der Waals surface area contributed by atoms with Crippen LogP contribution in [0.2, 0.25) is 0 Å². The number of nitrogens with zero attached hydrogens (tertiary/aromatic N) is 5. The van der Waals surface area contributed by atoms with E-state index in [0.29, 0.717) is 29.9 Å². The Balaban J connectivity index is 1.63. The molecule has 0 aliphatic carbocycles. The van der Waals surface area contributed by atoms with Crippen molar-refractivity contribution >= 4 is 17.6 Å². The van der Waals surface area contributed by atoms with Crippen molar-refractivity contribution in [2.24, 2.45) is 0 Å². The van der Waals surface area contributed by atoms with Gasteiger partial charge in [-0.3, -0.25) is 4.79 Å². The second-order valence-electron chi connectivity index (χ2n) is 5.78. The third-order valence-electron chi connectivity index (χ3n) is 4.29. The Morgan fingerprint density at radius 3 is 2.81 bits per heavy atom. The standard InChI is InChI=1S/C18H15N5O3/c1-26-18(25)14-2-3-15-12(8-14)5-7-22(15)17(24)13-4-6-20-16(9-13)23-11-19-10-21-23/h2-4,6,8-11H,5,7H2,1H3. The summed E-state index contributed by atoms with van der Waals surface area (Å²) in [5.74, 6) is 0.0105. The SMILES string of the molecule is COC(=O)c1ccc2c(c1)CCN2C(=O)c1ccnc(-n2cncn2)c1. The van der Waals surface area contributed by atoms with Crippen LogP contribution < -0.4 is 4.90 Å². The second-order valence-corrected chi connectivity index (χ2v) is 5.78. The highest BCUT2D eigenvalue weighted by Crippen LogP contribution is 2.30. The molecule has 4 rings (SSSR count). The van der Waals surface area contributed by atoms with Gasteiger partial charge in [0, 0.05) is 24.0 Å². The minimum Gasteiger partial charge on any atom is -0.465 e. The van der Waals surface area contributed by atoms with Gasteiger partial charge in [-0.05, 0) is 42.3 Å². The summed E-state index contributed by atoms with van der Waals surface area (Å²) in [5, 5.41) is 4.03. The number of hydrogen-bond donors (Lipinski definition) is 0. The number of ether oxygens (including phenoxy) is 1. The van der Waals surface area contributed by atoms with Crippen molar-refractivity contribution in [3.63, 3.8) is 0 Å². The zero-order valence-corrected chi connectivity index (χ0v) is 14.0. The van der Waals surface area contributed by atoms with Crippen LogP contribution in [0.15, 0.2) is 49.2 Å². The molecule has 1 aromatic carbocycles. The number of fused-ring (bicyclic) bond motifs is 1. The van der Waals surface area contributed by atoms with Gasteiger partial charge in [-0.15, -0.1) is 0 Å². The molecule has 0 saturated heterocycles. The van der Waals surface area contributed by atoms with Crippen LogP contribution in [0.3, 0.4) is 0 Å². The second kappa shape index (κ2) is 6.40. The average molecular weight is 349 g/mol. The Bertz CT molecular complexity index is 984. The number of rotatable bonds is 3. The number of anilines is 1. The lowest BCUT2D eigenvalue weighted by Crippen LogP contribution is -2.29. The fourth-order valence-corrected chi connectivity index (χ4v) is 3.02. The highest BCUT2D eigenvalue weighted by Gasteiger charge is 2.26. The normalized spacial score (nSPS) is 12.7. The Hall–Kier alpha value is -3.55. The number of carbonyl (C=O) groups is 2. The molecule has 0 atom stereocenters. The molecule has 3 heterocycles. The average Bonchev–Trinajstić information content (AvgIpc) is 3.36. The highest BCUT2D eigenvalue weighted by atomic mass is 16.5. The summed E-state index contributed by atoms with van der Waals surface area (Å²) in [5.41, 5.74) is 2.75. The molecule has 8 heteroatoms. The van der Waals surface area contributed by atoms with Crippen LogP contribution in [-0.4, -0.2) is 45.3 Å². The number of methoxy groups -OCH3 is 1. The maximum Gasteiger partial charge on any atom is 0.337 e. The molecule has 0 bridgehead atoms. The van der Waals surface area contributed by atoms with E-state index in [-0.39, 0.29) is 11.9 Å². The summed E-state index contributed by atoms with van der Waals surface area (Å²) in [6, 6.07) is 8.58. The minimum atomic E-state index is -0.385. The zero-order chi connectivity index (χ0) is 18.1. The van der Waals surface area contributed by atoms with Gasteiger partial charge in [0.15, 0.2) is 5.82 Å². The smallest absolute Gasteiger partial charge is 0.337 e. The van der Waals surface area contributed by atoms with Gasteiger partial charge in [-0.1, -0.05) is 0 Å². The summed E-state index contributed by atoms with van der Waals surface area (Å²) < 4.78 is 6.25. The molecular weight excluding hydrogens is 334 g/mol. The molecule has 0 radical (unpaired) electrons. The lowest BCUT2D eigenvalue weighted by atomic mass is 10.1. The molecule has 1 aliphatic rings. The lowest BCUT2D eigenvalue weighted by molar-refractivity contribution is 0.0600. The number of esters is 1. The summed E-state index contributed by atoms with van der Waals surface area (Å²) in [7, 11) is 1.35. The van der Waals surface area contributed by atoms with Gasteiger partial charge in [-0.25, -0.2) is 19.4 Å². The first kappa shape index (κ1) is 15.9. The van der Waals surface area contributed by atoms with Gasteiger partial charge in [-0.2, -0.15) is 5.10 Å². The van der Waals surface area contributed by atoms with Crippen LogP contribution in [0.1, 0.15) is 26.3 Å². The topological polar surface area (TPSA) is 90.2 Å². The van der Waals surface area contributed by atoms with Gasteiger partial charge in [0.1, 0.15) is 12.7 Å². The van der Waals surface area contributed by atoms with E-state index in [0.717, 1.165) is 11.3 Å². The van der Waals surface area contributed by atoms with Crippen molar-refractivity contribution in [2.45, 2.75) is 6.42 Å². The van der Waals surface area contributed by atoms with Gasteiger partial charge in [0.25, 0.3) is 5.91 Å².